The van der Waals surface area contributed by atoms with Gasteiger partial charge in [0.15, 0.2) is 17.5 Å². The lowest BCUT2D eigenvalue weighted by Crippen LogP contribution is -2.52. The maximum Gasteiger partial charge on any atom is 0.191 e. The second kappa shape index (κ2) is 13.1. The van der Waals surface area contributed by atoms with Gasteiger partial charge in [-0.2, -0.15) is 0 Å². The third-order valence-electron chi connectivity index (χ3n) is 4.54. The summed E-state index contributed by atoms with van der Waals surface area (Å²) in [7, 11) is 3.24. The summed E-state index contributed by atoms with van der Waals surface area (Å²) in [6.07, 6.45) is 0. The molecule has 1 aromatic rings. The molecule has 1 heterocycles. The number of nitrogens with zero attached hydrogens (tertiary/aromatic N) is 2. The Kier molecular flexibility index (Phi) is 11.6. The van der Waals surface area contributed by atoms with Crippen molar-refractivity contribution in [3.63, 3.8) is 0 Å². The van der Waals surface area contributed by atoms with Crippen LogP contribution in [0.3, 0.4) is 0 Å². The number of methoxy groups -OCH3 is 2. The van der Waals surface area contributed by atoms with E-state index in [-0.39, 0.29) is 24.0 Å². The summed E-state index contributed by atoms with van der Waals surface area (Å²) in [5.74, 6) is 2.01. The lowest BCUT2D eigenvalue weighted by molar-refractivity contribution is -0.0201. The van der Waals surface area contributed by atoms with Crippen molar-refractivity contribution in [2.75, 3.05) is 60.2 Å². The van der Waals surface area contributed by atoms with Crippen LogP contribution in [-0.4, -0.2) is 81.7 Å². The summed E-state index contributed by atoms with van der Waals surface area (Å²) in [6, 6.07) is 5.74. The van der Waals surface area contributed by atoms with Crippen LogP contribution in [-0.2, 0) is 11.3 Å². The molecule has 2 rings (SSSR count). The van der Waals surface area contributed by atoms with Crippen LogP contribution in [0.5, 0.6) is 11.5 Å². The van der Waals surface area contributed by atoms with Crippen molar-refractivity contribution < 1.29 is 19.3 Å². The van der Waals surface area contributed by atoms with E-state index in [4.69, 9.17) is 14.2 Å². The average molecular weight is 522 g/mol. The molecule has 1 aliphatic heterocycles. The first-order valence-corrected chi connectivity index (χ1v) is 9.73. The molecule has 9 heteroatoms. The summed E-state index contributed by atoms with van der Waals surface area (Å²) in [4.78, 5) is 6.85. The Balaban J connectivity index is 0.00000420. The molecule has 166 valence electrons. The normalized spacial score (nSPS) is 17.1. The molecule has 1 unspecified atom stereocenters. The lowest BCUT2D eigenvalue weighted by atomic mass is 10.1. The molecule has 0 bridgehead atoms. The van der Waals surface area contributed by atoms with Crippen LogP contribution in [0, 0.1) is 0 Å². The standard InChI is InChI=1S/C20H34N4O4.HI/c1-5-21-19(22-13-16-7-6-8-17(26-3)18(16)27-4)23-14-20(2,25)15-24-9-11-28-12-10-24;/h6-8,25H,5,9-15H2,1-4H3,(H2,21,22,23);1H. The monoisotopic (exact) mass is 522 g/mol. The van der Waals surface area contributed by atoms with E-state index in [2.05, 4.69) is 20.5 Å². The van der Waals surface area contributed by atoms with Crippen LogP contribution in [0.4, 0.5) is 0 Å². The third kappa shape index (κ3) is 8.53. The van der Waals surface area contributed by atoms with Gasteiger partial charge in [-0.3, -0.25) is 4.90 Å². The van der Waals surface area contributed by atoms with E-state index in [0.717, 1.165) is 38.4 Å². The molecule has 0 aliphatic carbocycles. The van der Waals surface area contributed by atoms with E-state index < -0.39 is 5.60 Å². The number of ether oxygens (including phenoxy) is 3. The van der Waals surface area contributed by atoms with Gasteiger partial charge in [0.2, 0.25) is 0 Å². The summed E-state index contributed by atoms with van der Waals surface area (Å²) in [6.45, 7) is 9.12. The van der Waals surface area contributed by atoms with E-state index in [0.29, 0.717) is 37.1 Å². The second-order valence-corrected chi connectivity index (χ2v) is 7.09. The minimum Gasteiger partial charge on any atom is -0.493 e. The molecule has 0 spiro atoms. The first-order valence-electron chi connectivity index (χ1n) is 9.73. The van der Waals surface area contributed by atoms with Gasteiger partial charge in [0.1, 0.15) is 0 Å². The van der Waals surface area contributed by atoms with Crippen molar-refractivity contribution in [3.05, 3.63) is 23.8 Å². The molecule has 1 fully saturated rings. The van der Waals surface area contributed by atoms with Crippen LogP contribution in [0.1, 0.15) is 19.4 Å². The summed E-state index contributed by atoms with van der Waals surface area (Å²) < 4.78 is 16.2. The molecule has 0 amide bonds. The quantitative estimate of drug-likeness (QED) is 0.257. The van der Waals surface area contributed by atoms with Crippen molar-refractivity contribution >= 4 is 29.9 Å². The Morgan fingerprint density at radius 2 is 1.97 bits per heavy atom. The van der Waals surface area contributed by atoms with Crippen LogP contribution < -0.4 is 20.1 Å². The minimum absolute atomic E-state index is 0. The highest BCUT2D eigenvalue weighted by molar-refractivity contribution is 14.0. The Bertz CT molecular complexity index is 637. The maximum atomic E-state index is 10.8. The molecular formula is C20H35IN4O4. The number of benzene rings is 1. The van der Waals surface area contributed by atoms with E-state index in [1.807, 2.05) is 32.0 Å². The number of hydrogen-bond donors (Lipinski definition) is 3. The molecule has 0 aromatic heterocycles. The fourth-order valence-electron chi connectivity index (χ4n) is 3.16. The van der Waals surface area contributed by atoms with Crippen LogP contribution in [0.15, 0.2) is 23.2 Å². The average Bonchev–Trinajstić information content (AvgIpc) is 2.70. The summed E-state index contributed by atoms with van der Waals surface area (Å²) in [5, 5.41) is 17.2. The fourth-order valence-corrected chi connectivity index (χ4v) is 3.16. The van der Waals surface area contributed by atoms with Gasteiger partial charge in [-0.1, -0.05) is 12.1 Å². The smallest absolute Gasteiger partial charge is 0.191 e. The predicted octanol–water partition coefficient (Wildman–Crippen LogP) is 1.46. The Morgan fingerprint density at radius 3 is 2.59 bits per heavy atom. The van der Waals surface area contributed by atoms with Gasteiger partial charge in [0, 0.05) is 38.3 Å². The number of morpholine rings is 1. The topological polar surface area (TPSA) is 87.6 Å². The molecule has 0 saturated carbocycles. The predicted molar refractivity (Wildman–Crippen MR) is 126 cm³/mol. The molecule has 3 N–H and O–H groups in total. The van der Waals surface area contributed by atoms with Gasteiger partial charge >= 0.3 is 0 Å². The number of guanidine groups is 1. The lowest BCUT2D eigenvalue weighted by Gasteiger charge is -2.34. The molecule has 1 aliphatic rings. The number of aliphatic imine (C=N–C) groups is 1. The van der Waals surface area contributed by atoms with E-state index in [1.165, 1.54) is 0 Å². The number of β-amino-alcohol motifs (C(OH)–C–C–N with tert-alkyl or cyclic N) is 1. The summed E-state index contributed by atoms with van der Waals surface area (Å²) >= 11 is 0. The van der Waals surface area contributed by atoms with Gasteiger partial charge in [-0.25, -0.2) is 4.99 Å². The fraction of sp³-hybridized carbons (Fsp3) is 0.650. The zero-order valence-corrected chi connectivity index (χ0v) is 20.2. The SMILES string of the molecule is CCNC(=NCc1cccc(OC)c1OC)NCC(C)(O)CN1CCOCC1.I. The zero-order chi connectivity index (χ0) is 20.4. The van der Waals surface area contributed by atoms with E-state index in [1.54, 1.807) is 14.2 Å². The highest BCUT2D eigenvalue weighted by Crippen LogP contribution is 2.31. The zero-order valence-electron chi connectivity index (χ0n) is 17.9. The second-order valence-electron chi connectivity index (χ2n) is 7.09. The largest absolute Gasteiger partial charge is 0.493 e. The van der Waals surface area contributed by atoms with Crippen LogP contribution in [0.25, 0.3) is 0 Å². The molecule has 29 heavy (non-hydrogen) atoms. The van der Waals surface area contributed by atoms with Gasteiger partial charge < -0.3 is 30.0 Å². The van der Waals surface area contributed by atoms with Gasteiger partial charge in [-0.15, -0.1) is 24.0 Å². The van der Waals surface area contributed by atoms with Crippen molar-refractivity contribution in [3.8, 4) is 11.5 Å². The minimum atomic E-state index is -0.874. The Hall–Kier alpha value is -1.30. The van der Waals surface area contributed by atoms with Gasteiger partial charge in [0.05, 0.1) is 39.6 Å². The maximum absolute atomic E-state index is 10.8. The van der Waals surface area contributed by atoms with Crippen LogP contribution >= 0.6 is 24.0 Å². The highest BCUT2D eigenvalue weighted by Gasteiger charge is 2.25. The number of nitrogens with one attached hydrogen (secondary N) is 2. The third-order valence-corrected chi connectivity index (χ3v) is 4.54. The molecule has 0 radical (unpaired) electrons. The van der Waals surface area contributed by atoms with Crippen molar-refractivity contribution in [2.24, 2.45) is 4.99 Å². The van der Waals surface area contributed by atoms with Crippen molar-refractivity contribution in [1.29, 1.82) is 0 Å². The van der Waals surface area contributed by atoms with Gasteiger partial charge in [-0.05, 0) is 19.9 Å². The molecule has 1 atom stereocenters. The molecule has 1 saturated heterocycles. The molecular weight excluding hydrogens is 487 g/mol. The first kappa shape index (κ1) is 25.7. The van der Waals surface area contributed by atoms with E-state index >= 15 is 0 Å². The first-order chi connectivity index (χ1) is 13.5. The Morgan fingerprint density at radius 1 is 1.24 bits per heavy atom. The van der Waals surface area contributed by atoms with Gasteiger partial charge in [0.25, 0.3) is 0 Å². The number of hydrogen-bond acceptors (Lipinski definition) is 6. The molecule has 8 nitrogen and oxygen atoms in total. The Labute approximate surface area is 191 Å². The number of aliphatic hydroxyl groups is 1. The van der Waals surface area contributed by atoms with Crippen molar-refractivity contribution in [1.82, 2.24) is 15.5 Å². The number of halogens is 1. The van der Waals surface area contributed by atoms with Crippen molar-refractivity contribution in [2.45, 2.75) is 26.0 Å². The van der Waals surface area contributed by atoms with Crippen LogP contribution in [0.2, 0.25) is 0 Å². The van der Waals surface area contributed by atoms with E-state index in [9.17, 15) is 5.11 Å². The number of para-hydroxylation sites is 1. The summed E-state index contributed by atoms with van der Waals surface area (Å²) in [5.41, 5.74) is 0.0559. The molecule has 1 aromatic carbocycles. The number of rotatable bonds is 9. The highest BCUT2D eigenvalue weighted by atomic mass is 127.